The van der Waals surface area contributed by atoms with Crippen LogP contribution in [0, 0.1) is 0 Å². The average Bonchev–Trinajstić information content (AvgIpc) is 2.53. The van der Waals surface area contributed by atoms with Gasteiger partial charge in [-0.25, -0.2) is 0 Å². The van der Waals surface area contributed by atoms with Gasteiger partial charge in [-0.3, -0.25) is 14.5 Å². The first-order valence-electron chi connectivity index (χ1n) is 7.07. The standard InChI is InChI=1S/C15H21N3O3/c1-11(15(20)21)17-7-9-18(10-8-17)14(19)13(16)12-5-3-2-4-6-12/h2-6,11,13H,7-10,16H2,1H3,(H,20,21)/t11?,13-/m0/s1. The fraction of sp³-hybridized carbons (Fsp3) is 0.467. The van der Waals surface area contributed by atoms with Gasteiger partial charge in [0.1, 0.15) is 12.1 Å². The van der Waals surface area contributed by atoms with Gasteiger partial charge in [-0.2, -0.15) is 0 Å². The number of rotatable bonds is 4. The lowest BCUT2D eigenvalue weighted by Crippen LogP contribution is -2.54. The first-order chi connectivity index (χ1) is 10.0. The molecule has 1 fully saturated rings. The van der Waals surface area contributed by atoms with E-state index in [0.29, 0.717) is 26.2 Å². The van der Waals surface area contributed by atoms with Crippen molar-refractivity contribution in [2.45, 2.75) is 19.0 Å². The third-order valence-corrected chi connectivity index (χ3v) is 3.96. The van der Waals surface area contributed by atoms with Gasteiger partial charge in [0.2, 0.25) is 5.91 Å². The van der Waals surface area contributed by atoms with Gasteiger partial charge in [-0.05, 0) is 12.5 Å². The Morgan fingerprint density at radius 2 is 1.71 bits per heavy atom. The summed E-state index contributed by atoms with van der Waals surface area (Å²) in [4.78, 5) is 26.9. The highest BCUT2D eigenvalue weighted by Crippen LogP contribution is 2.15. The Bertz CT molecular complexity index is 498. The van der Waals surface area contributed by atoms with Crippen molar-refractivity contribution in [2.75, 3.05) is 26.2 Å². The zero-order valence-electron chi connectivity index (χ0n) is 12.1. The van der Waals surface area contributed by atoms with Crippen LogP contribution in [0.5, 0.6) is 0 Å². The third-order valence-electron chi connectivity index (χ3n) is 3.96. The van der Waals surface area contributed by atoms with E-state index in [-0.39, 0.29) is 5.91 Å². The van der Waals surface area contributed by atoms with Crippen molar-refractivity contribution in [2.24, 2.45) is 5.73 Å². The molecule has 0 bridgehead atoms. The normalized spacial score (nSPS) is 19.0. The van der Waals surface area contributed by atoms with Crippen molar-refractivity contribution in [1.29, 1.82) is 0 Å². The molecule has 2 atom stereocenters. The van der Waals surface area contributed by atoms with E-state index in [1.165, 1.54) is 0 Å². The summed E-state index contributed by atoms with van der Waals surface area (Å²) in [6, 6.07) is 8.09. The monoisotopic (exact) mass is 291 g/mol. The SMILES string of the molecule is CC(C(=O)O)N1CCN(C(=O)[C@@H](N)c2ccccc2)CC1. The number of hydrogen-bond donors (Lipinski definition) is 2. The highest BCUT2D eigenvalue weighted by molar-refractivity contribution is 5.83. The summed E-state index contributed by atoms with van der Waals surface area (Å²) in [5.41, 5.74) is 6.81. The zero-order chi connectivity index (χ0) is 15.4. The number of nitrogens with two attached hydrogens (primary N) is 1. The van der Waals surface area contributed by atoms with E-state index < -0.39 is 18.1 Å². The third kappa shape index (κ3) is 3.59. The van der Waals surface area contributed by atoms with Crippen LogP contribution in [0.4, 0.5) is 0 Å². The summed E-state index contributed by atoms with van der Waals surface area (Å²) >= 11 is 0. The Kier molecular flexibility index (Phi) is 4.93. The Morgan fingerprint density at radius 3 is 2.24 bits per heavy atom. The van der Waals surface area contributed by atoms with E-state index in [2.05, 4.69) is 0 Å². The van der Waals surface area contributed by atoms with Crippen molar-refractivity contribution in [3.05, 3.63) is 35.9 Å². The number of nitrogens with zero attached hydrogens (tertiary/aromatic N) is 2. The molecule has 114 valence electrons. The second kappa shape index (κ2) is 6.69. The van der Waals surface area contributed by atoms with Crippen LogP contribution in [0.15, 0.2) is 30.3 Å². The first-order valence-corrected chi connectivity index (χ1v) is 7.07. The summed E-state index contributed by atoms with van der Waals surface area (Å²) in [5, 5.41) is 9.00. The van der Waals surface area contributed by atoms with Crippen molar-refractivity contribution < 1.29 is 14.7 Å². The minimum Gasteiger partial charge on any atom is -0.480 e. The molecule has 0 spiro atoms. The summed E-state index contributed by atoms with van der Waals surface area (Å²) in [6.07, 6.45) is 0. The van der Waals surface area contributed by atoms with Gasteiger partial charge in [-0.1, -0.05) is 30.3 Å². The van der Waals surface area contributed by atoms with Gasteiger partial charge in [0.25, 0.3) is 0 Å². The molecule has 0 saturated carbocycles. The summed E-state index contributed by atoms with van der Waals surface area (Å²) in [6.45, 7) is 3.80. The molecule has 21 heavy (non-hydrogen) atoms. The largest absolute Gasteiger partial charge is 0.480 e. The lowest BCUT2D eigenvalue weighted by atomic mass is 10.1. The van der Waals surface area contributed by atoms with Crippen LogP contribution >= 0.6 is 0 Å². The van der Waals surface area contributed by atoms with Crippen molar-refractivity contribution >= 4 is 11.9 Å². The molecule has 1 saturated heterocycles. The van der Waals surface area contributed by atoms with Gasteiger partial charge in [0.05, 0.1) is 0 Å². The van der Waals surface area contributed by atoms with E-state index in [1.807, 2.05) is 35.2 Å². The van der Waals surface area contributed by atoms with Gasteiger partial charge in [0, 0.05) is 26.2 Å². The minimum absolute atomic E-state index is 0.108. The summed E-state index contributed by atoms with van der Waals surface area (Å²) in [5.74, 6) is -0.945. The molecule has 6 heteroatoms. The van der Waals surface area contributed by atoms with Crippen LogP contribution in [-0.2, 0) is 9.59 Å². The molecule has 0 aromatic heterocycles. The van der Waals surface area contributed by atoms with Crippen molar-refractivity contribution in [3.8, 4) is 0 Å². The number of amides is 1. The second-order valence-electron chi connectivity index (χ2n) is 5.26. The van der Waals surface area contributed by atoms with Gasteiger partial charge >= 0.3 is 5.97 Å². The molecule has 3 N–H and O–H groups in total. The number of piperazine rings is 1. The summed E-state index contributed by atoms with van der Waals surface area (Å²) in [7, 11) is 0. The van der Waals surface area contributed by atoms with Gasteiger partial charge in [0.15, 0.2) is 0 Å². The predicted octanol–water partition coefficient (Wildman–Crippen LogP) is 0.304. The number of benzene rings is 1. The molecular weight excluding hydrogens is 270 g/mol. The topological polar surface area (TPSA) is 86.9 Å². The molecule has 1 aromatic carbocycles. The van der Waals surface area contributed by atoms with Crippen LogP contribution < -0.4 is 5.73 Å². The smallest absolute Gasteiger partial charge is 0.320 e. The molecule has 1 aromatic rings. The number of carboxylic acid groups (broad SMARTS) is 1. The maximum Gasteiger partial charge on any atom is 0.320 e. The average molecular weight is 291 g/mol. The molecule has 0 aliphatic carbocycles. The molecule has 1 aliphatic heterocycles. The van der Waals surface area contributed by atoms with Gasteiger partial charge < -0.3 is 15.7 Å². The first kappa shape index (κ1) is 15.5. The Labute approximate surface area is 124 Å². The Hall–Kier alpha value is -1.92. The molecule has 1 heterocycles. The van der Waals surface area contributed by atoms with Crippen molar-refractivity contribution in [3.63, 3.8) is 0 Å². The van der Waals surface area contributed by atoms with Crippen LogP contribution in [0.3, 0.4) is 0 Å². The van der Waals surface area contributed by atoms with Crippen molar-refractivity contribution in [1.82, 2.24) is 9.80 Å². The molecule has 1 unspecified atom stereocenters. The van der Waals surface area contributed by atoms with Gasteiger partial charge in [-0.15, -0.1) is 0 Å². The highest BCUT2D eigenvalue weighted by atomic mass is 16.4. The number of hydrogen-bond acceptors (Lipinski definition) is 4. The lowest BCUT2D eigenvalue weighted by molar-refractivity contribution is -0.144. The Balaban J connectivity index is 1.93. The fourth-order valence-corrected chi connectivity index (χ4v) is 2.49. The summed E-state index contributed by atoms with van der Waals surface area (Å²) < 4.78 is 0. The molecular formula is C15H21N3O3. The number of carboxylic acids is 1. The molecule has 2 rings (SSSR count). The van der Waals surface area contributed by atoms with E-state index in [0.717, 1.165) is 5.56 Å². The molecule has 1 amide bonds. The quantitative estimate of drug-likeness (QED) is 0.833. The van der Waals surface area contributed by atoms with E-state index in [1.54, 1.807) is 11.8 Å². The number of carbonyl (C=O) groups is 2. The van der Waals surface area contributed by atoms with E-state index in [9.17, 15) is 9.59 Å². The van der Waals surface area contributed by atoms with E-state index >= 15 is 0 Å². The number of carbonyl (C=O) groups excluding carboxylic acids is 1. The molecule has 6 nitrogen and oxygen atoms in total. The highest BCUT2D eigenvalue weighted by Gasteiger charge is 2.29. The van der Waals surface area contributed by atoms with E-state index in [4.69, 9.17) is 10.8 Å². The Morgan fingerprint density at radius 1 is 1.14 bits per heavy atom. The van der Waals surface area contributed by atoms with Crippen LogP contribution in [-0.4, -0.2) is 59.0 Å². The second-order valence-corrected chi connectivity index (χ2v) is 5.26. The predicted molar refractivity (Wildman–Crippen MR) is 78.6 cm³/mol. The zero-order valence-corrected chi connectivity index (χ0v) is 12.1. The van der Waals surface area contributed by atoms with Crippen LogP contribution in [0.1, 0.15) is 18.5 Å². The minimum atomic E-state index is -0.837. The fourth-order valence-electron chi connectivity index (χ4n) is 2.49. The maximum absolute atomic E-state index is 12.4. The van der Waals surface area contributed by atoms with Crippen LogP contribution in [0.2, 0.25) is 0 Å². The number of aliphatic carboxylic acids is 1. The van der Waals surface area contributed by atoms with Crippen LogP contribution in [0.25, 0.3) is 0 Å². The lowest BCUT2D eigenvalue weighted by Gasteiger charge is -2.37. The maximum atomic E-state index is 12.4. The molecule has 1 aliphatic rings. The molecule has 0 radical (unpaired) electrons.